The van der Waals surface area contributed by atoms with E-state index in [1.807, 2.05) is 12.1 Å². The maximum atomic E-state index is 12.8. The minimum atomic E-state index is -0.298. The van der Waals surface area contributed by atoms with Crippen LogP contribution in [-0.2, 0) is 11.2 Å². The highest BCUT2D eigenvalue weighted by Gasteiger charge is 2.24. The number of carbonyl (C=O) groups excluding carboxylic acids is 1. The van der Waals surface area contributed by atoms with E-state index in [0.717, 1.165) is 12.8 Å². The van der Waals surface area contributed by atoms with E-state index >= 15 is 0 Å². The molecule has 0 saturated heterocycles. The second kappa shape index (κ2) is 5.45. The van der Waals surface area contributed by atoms with E-state index in [9.17, 15) is 9.18 Å². The van der Waals surface area contributed by atoms with Crippen molar-refractivity contribution in [2.45, 2.75) is 25.2 Å². The number of carbonyl (C=O) groups is 1. The molecular weight excluding hydrogens is 253 g/mol. The van der Waals surface area contributed by atoms with E-state index in [1.165, 1.54) is 23.3 Å². The predicted octanol–water partition coefficient (Wildman–Crippen LogP) is 3.88. The van der Waals surface area contributed by atoms with Gasteiger partial charge in [-0.2, -0.15) is 0 Å². The van der Waals surface area contributed by atoms with Crippen molar-refractivity contribution in [1.82, 2.24) is 0 Å². The third kappa shape index (κ3) is 2.72. The molecule has 0 fully saturated rings. The van der Waals surface area contributed by atoms with E-state index in [-0.39, 0.29) is 11.7 Å². The standard InChI is InChI=1S/C17H16FNO/c18-14-7-9-15(10-8-14)19-17(20)11-13-6-5-12-3-1-2-4-16(12)13/h1-4,7-10,13H,5-6,11H2,(H,19,20). The van der Waals surface area contributed by atoms with Gasteiger partial charge in [-0.15, -0.1) is 0 Å². The molecule has 1 N–H and O–H groups in total. The topological polar surface area (TPSA) is 29.1 Å². The SMILES string of the molecule is O=C(CC1CCc2ccccc21)Nc1ccc(F)cc1. The van der Waals surface area contributed by atoms with Gasteiger partial charge in [-0.05, 0) is 54.2 Å². The number of fused-ring (bicyclic) bond motifs is 1. The van der Waals surface area contributed by atoms with Crippen LogP contribution in [0, 0.1) is 5.82 Å². The average Bonchev–Trinajstić information content (AvgIpc) is 2.85. The van der Waals surface area contributed by atoms with Crippen LogP contribution in [0.15, 0.2) is 48.5 Å². The maximum absolute atomic E-state index is 12.8. The Kier molecular flexibility index (Phi) is 3.50. The normalized spacial score (nSPS) is 16.8. The molecule has 1 aliphatic rings. The Labute approximate surface area is 117 Å². The third-order valence-corrected chi connectivity index (χ3v) is 3.82. The van der Waals surface area contributed by atoms with E-state index in [0.29, 0.717) is 18.0 Å². The Hall–Kier alpha value is -2.16. The molecule has 0 saturated carbocycles. The second-order valence-corrected chi connectivity index (χ2v) is 5.19. The summed E-state index contributed by atoms with van der Waals surface area (Å²) in [5, 5.41) is 2.82. The van der Waals surface area contributed by atoms with Gasteiger partial charge < -0.3 is 5.32 Å². The van der Waals surface area contributed by atoms with Gasteiger partial charge in [0.15, 0.2) is 0 Å². The highest BCUT2D eigenvalue weighted by molar-refractivity contribution is 5.91. The number of hydrogen-bond donors (Lipinski definition) is 1. The molecule has 1 aliphatic carbocycles. The van der Waals surface area contributed by atoms with E-state index in [4.69, 9.17) is 0 Å². The molecule has 1 atom stereocenters. The largest absolute Gasteiger partial charge is 0.326 e. The quantitative estimate of drug-likeness (QED) is 0.900. The monoisotopic (exact) mass is 269 g/mol. The fourth-order valence-electron chi connectivity index (χ4n) is 2.83. The van der Waals surface area contributed by atoms with Crippen LogP contribution >= 0.6 is 0 Å². The van der Waals surface area contributed by atoms with Gasteiger partial charge in [0, 0.05) is 12.1 Å². The number of hydrogen-bond acceptors (Lipinski definition) is 1. The number of benzene rings is 2. The molecule has 1 amide bonds. The van der Waals surface area contributed by atoms with Crippen molar-refractivity contribution < 1.29 is 9.18 Å². The summed E-state index contributed by atoms with van der Waals surface area (Å²) in [6.45, 7) is 0. The van der Waals surface area contributed by atoms with Crippen LogP contribution in [0.1, 0.15) is 29.9 Å². The smallest absolute Gasteiger partial charge is 0.224 e. The summed E-state index contributed by atoms with van der Waals surface area (Å²) in [5.41, 5.74) is 3.29. The molecule has 2 nitrogen and oxygen atoms in total. The molecule has 0 aromatic heterocycles. The van der Waals surface area contributed by atoms with Crippen molar-refractivity contribution >= 4 is 11.6 Å². The number of nitrogens with one attached hydrogen (secondary N) is 1. The first-order valence-electron chi connectivity index (χ1n) is 6.85. The minimum Gasteiger partial charge on any atom is -0.326 e. The van der Waals surface area contributed by atoms with Gasteiger partial charge in [0.05, 0.1) is 0 Å². The summed E-state index contributed by atoms with van der Waals surface area (Å²) in [6.07, 6.45) is 2.55. The first kappa shape index (κ1) is 12.9. The van der Waals surface area contributed by atoms with Crippen molar-refractivity contribution in [1.29, 1.82) is 0 Å². The Bertz CT molecular complexity index is 621. The van der Waals surface area contributed by atoms with Crippen LogP contribution in [0.5, 0.6) is 0 Å². The van der Waals surface area contributed by atoms with Crippen LogP contribution < -0.4 is 5.32 Å². The Morgan fingerprint density at radius 2 is 1.90 bits per heavy atom. The van der Waals surface area contributed by atoms with Crippen molar-refractivity contribution in [3.63, 3.8) is 0 Å². The van der Waals surface area contributed by atoms with Crippen LogP contribution in [0.3, 0.4) is 0 Å². The fourth-order valence-corrected chi connectivity index (χ4v) is 2.83. The summed E-state index contributed by atoms with van der Waals surface area (Å²) in [6, 6.07) is 14.2. The highest BCUT2D eigenvalue weighted by atomic mass is 19.1. The summed E-state index contributed by atoms with van der Waals surface area (Å²) in [7, 11) is 0. The van der Waals surface area contributed by atoms with Crippen LogP contribution in [0.4, 0.5) is 10.1 Å². The number of halogens is 1. The minimum absolute atomic E-state index is 0.0155. The zero-order chi connectivity index (χ0) is 13.9. The lowest BCUT2D eigenvalue weighted by Gasteiger charge is -2.11. The first-order chi connectivity index (χ1) is 9.72. The molecular formula is C17H16FNO. The first-order valence-corrected chi connectivity index (χ1v) is 6.85. The van der Waals surface area contributed by atoms with Crippen molar-refractivity contribution in [3.8, 4) is 0 Å². The second-order valence-electron chi connectivity index (χ2n) is 5.19. The van der Waals surface area contributed by atoms with Gasteiger partial charge in [0.25, 0.3) is 0 Å². The highest BCUT2D eigenvalue weighted by Crippen LogP contribution is 2.35. The van der Waals surface area contributed by atoms with Crippen LogP contribution in [0.2, 0.25) is 0 Å². The molecule has 20 heavy (non-hydrogen) atoms. The van der Waals surface area contributed by atoms with Gasteiger partial charge in [0.2, 0.25) is 5.91 Å². The Morgan fingerprint density at radius 1 is 1.15 bits per heavy atom. The molecule has 2 aromatic carbocycles. The molecule has 0 aliphatic heterocycles. The fraction of sp³-hybridized carbons (Fsp3) is 0.235. The van der Waals surface area contributed by atoms with Gasteiger partial charge in [-0.3, -0.25) is 4.79 Å². The molecule has 2 aromatic rings. The summed E-state index contributed by atoms with van der Waals surface area (Å²) in [5.74, 6) is -0.0160. The zero-order valence-electron chi connectivity index (χ0n) is 11.1. The lowest BCUT2D eigenvalue weighted by Crippen LogP contribution is -2.14. The third-order valence-electron chi connectivity index (χ3n) is 3.82. The summed E-state index contributed by atoms with van der Waals surface area (Å²) >= 11 is 0. The number of rotatable bonds is 3. The molecule has 102 valence electrons. The zero-order valence-corrected chi connectivity index (χ0v) is 11.1. The molecule has 3 heteroatoms. The van der Waals surface area contributed by atoms with Gasteiger partial charge in [-0.25, -0.2) is 4.39 Å². The van der Waals surface area contributed by atoms with E-state index in [1.54, 1.807) is 12.1 Å². The number of aryl methyl sites for hydroxylation is 1. The summed E-state index contributed by atoms with van der Waals surface area (Å²) < 4.78 is 12.8. The van der Waals surface area contributed by atoms with Crippen molar-refractivity contribution in [3.05, 3.63) is 65.5 Å². The van der Waals surface area contributed by atoms with Gasteiger partial charge in [0.1, 0.15) is 5.82 Å². The summed E-state index contributed by atoms with van der Waals surface area (Å²) in [4.78, 5) is 12.1. The predicted molar refractivity (Wildman–Crippen MR) is 77.2 cm³/mol. The number of amides is 1. The Morgan fingerprint density at radius 3 is 2.70 bits per heavy atom. The van der Waals surface area contributed by atoms with Gasteiger partial charge in [-0.1, -0.05) is 24.3 Å². The molecule has 0 spiro atoms. The molecule has 0 heterocycles. The maximum Gasteiger partial charge on any atom is 0.224 e. The van der Waals surface area contributed by atoms with E-state index < -0.39 is 0 Å². The van der Waals surface area contributed by atoms with Crippen molar-refractivity contribution in [2.24, 2.45) is 0 Å². The van der Waals surface area contributed by atoms with Crippen LogP contribution in [-0.4, -0.2) is 5.91 Å². The molecule has 0 radical (unpaired) electrons. The van der Waals surface area contributed by atoms with Gasteiger partial charge >= 0.3 is 0 Å². The number of anilines is 1. The molecule has 0 bridgehead atoms. The van der Waals surface area contributed by atoms with Crippen molar-refractivity contribution in [2.75, 3.05) is 5.32 Å². The van der Waals surface area contributed by atoms with E-state index in [2.05, 4.69) is 17.4 Å². The lowest BCUT2D eigenvalue weighted by atomic mass is 9.97. The molecule has 1 unspecified atom stereocenters. The van der Waals surface area contributed by atoms with Crippen LogP contribution in [0.25, 0.3) is 0 Å². The molecule has 3 rings (SSSR count). The lowest BCUT2D eigenvalue weighted by molar-refractivity contribution is -0.116. The average molecular weight is 269 g/mol. The Balaban J connectivity index is 1.64.